The number of nitrogens with zero attached hydrogens (tertiary/aromatic N) is 2. The Morgan fingerprint density at radius 3 is 2.61 bits per heavy atom. The molecule has 1 saturated carbocycles. The summed E-state index contributed by atoms with van der Waals surface area (Å²) in [5.41, 5.74) is 3.63. The smallest absolute Gasteiger partial charge is 0.247 e. The quantitative estimate of drug-likeness (QED) is 0.250. The first-order valence-corrected chi connectivity index (χ1v) is 14.9. The molecule has 7 heteroatoms. The zero-order valence-corrected chi connectivity index (χ0v) is 22.8. The van der Waals surface area contributed by atoms with Crippen molar-refractivity contribution in [3.8, 4) is 17.0 Å². The maximum Gasteiger partial charge on any atom is 0.247 e. The van der Waals surface area contributed by atoms with Gasteiger partial charge in [0.25, 0.3) is 0 Å². The van der Waals surface area contributed by atoms with Crippen LogP contribution in [-0.4, -0.2) is 40.2 Å². The summed E-state index contributed by atoms with van der Waals surface area (Å²) in [7, 11) is 0. The lowest BCUT2D eigenvalue weighted by Crippen LogP contribution is -2.35. The van der Waals surface area contributed by atoms with Gasteiger partial charge in [0.05, 0.1) is 17.3 Å². The number of H-pyrrole nitrogens is 1. The predicted octanol–water partition coefficient (Wildman–Crippen LogP) is 7.41. The third kappa shape index (κ3) is 5.36. The molecule has 2 aromatic carbocycles. The fourth-order valence-corrected chi connectivity index (χ4v) is 6.84. The van der Waals surface area contributed by atoms with E-state index in [1.54, 1.807) is 11.3 Å². The maximum absolute atomic E-state index is 13.5. The van der Waals surface area contributed by atoms with Crippen molar-refractivity contribution in [2.75, 3.05) is 18.4 Å². The number of ether oxygens (including phenoxy) is 1. The van der Waals surface area contributed by atoms with Gasteiger partial charge in [-0.25, -0.2) is 0 Å². The largest absolute Gasteiger partial charge is 0.490 e. The first kappa shape index (κ1) is 25.1. The first-order valence-electron chi connectivity index (χ1n) is 14.0. The summed E-state index contributed by atoms with van der Waals surface area (Å²) in [6, 6.07) is 18.1. The molecule has 1 aliphatic heterocycles. The van der Waals surface area contributed by atoms with Crippen LogP contribution in [0.3, 0.4) is 0 Å². The molecule has 6 nitrogen and oxygen atoms in total. The van der Waals surface area contributed by atoms with E-state index in [9.17, 15) is 4.79 Å². The molecular formula is C31H36N4O2S. The number of likely N-dealkylation sites (tertiary alicyclic amines) is 1. The second kappa shape index (κ2) is 11.3. The molecule has 1 saturated heterocycles. The number of aromatic amines is 1. The van der Waals surface area contributed by atoms with Crippen LogP contribution < -0.4 is 10.1 Å². The highest BCUT2D eigenvalue weighted by molar-refractivity contribution is 7.10. The Morgan fingerprint density at radius 2 is 1.89 bits per heavy atom. The molecule has 38 heavy (non-hydrogen) atoms. The number of hydrogen-bond acceptors (Lipinski definition) is 5. The van der Waals surface area contributed by atoms with Crippen LogP contribution in [-0.2, 0) is 4.79 Å². The Kier molecular flexibility index (Phi) is 7.47. The molecule has 6 rings (SSSR count). The number of rotatable bonds is 8. The number of hydrogen-bond donors (Lipinski definition) is 2. The number of thiophene rings is 1. The van der Waals surface area contributed by atoms with Gasteiger partial charge in [-0.3, -0.25) is 14.8 Å². The van der Waals surface area contributed by atoms with Gasteiger partial charge >= 0.3 is 0 Å². The maximum atomic E-state index is 13.5. The summed E-state index contributed by atoms with van der Waals surface area (Å²) in [6.45, 7) is 4.21. The minimum atomic E-state index is -0.249. The highest BCUT2D eigenvalue weighted by atomic mass is 32.1. The van der Waals surface area contributed by atoms with Crippen molar-refractivity contribution in [2.45, 2.75) is 64.0 Å². The SMILES string of the molecule is CCC1CCC(Oc2ccc(-c3n[nH]c4ccc(NC(=O)C(c5cccs5)N5CCCC5)cc34)cc2)CC1. The van der Waals surface area contributed by atoms with Crippen LogP contribution >= 0.6 is 11.3 Å². The molecule has 0 bridgehead atoms. The Bertz CT molecular complexity index is 1350. The Morgan fingerprint density at radius 1 is 1.11 bits per heavy atom. The summed E-state index contributed by atoms with van der Waals surface area (Å²) in [5.74, 6) is 1.80. The summed E-state index contributed by atoms with van der Waals surface area (Å²) >= 11 is 1.65. The molecule has 4 aromatic rings. The van der Waals surface area contributed by atoms with Crippen molar-refractivity contribution in [2.24, 2.45) is 5.92 Å². The molecule has 1 unspecified atom stereocenters. The summed E-state index contributed by atoms with van der Waals surface area (Å²) in [6.07, 6.45) is 8.70. The highest BCUT2D eigenvalue weighted by Crippen LogP contribution is 2.34. The lowest BCUT2D eigenvalue weighted by atomic mass is 9.86. The van der Waals surface area contributed by atoms with Gasteiger partial charge in [0.1, 0.15) is 11.8 Å². The number of nitrogens with one attached hydrogen (secondary N) is 2. The van der Waals surface area contributed by atoms with Crippen molar-refractivity contribution in [1.29, 1.82) is 0 Å². The third-order valence-electron chi connectivity index (χ3n) is 8.20. The van der Waals surface area contributed by atoms with E-state index in [4.69, 9.17) is 4.74 Å². The van der Waals surface area contributed by atoms with Crippen LogP contribution in [0, 0.1) is 5.92 Å². The molecule has 1 atom stereocenters. The van der Waals surface area contributed by atoms with Crippen molar-refractivity contribution >= 4 is 33.8 Å². The first-order chi connectivity index (χ1) is 18.7. The van der Waals surface area contributed by atoms with Crippen molar-refractivity contribution < 1.29 is 9.53 Å². The molecule has 0 radical (unpaired) electrons. The second-order valence-corrected chi connectivity index (χ2v) is 11.7. The fourth-order valence-electron chi connectivity index (χ4n) is 5.99. The summed E-state index contributed by atoms with van der Waals surface area (Å²) in [4.78, 5) is 16.9. The highest BCUT2D eigenvalue weighted by Gasteiger charge is 2.30. The molecule has 2 fully saturated rings. The zero-order valence-electron chi connectivity index (χ0n) is 22.0. The second-order valence-electron chi connectivity index (χ2n) is 10.7. The minimum Gasteiger partial charge on any atom is -0.490 e. The molecule has 2 aliphatic rings. The third-order valence-corrected chi connectivity index (χ3v) is 9.12. The monoisotopic (exact) mass is 528 g/mol. The summed E-state index contributed by atoms with van der Waals surface area (Å²) < 4.78 is 6.29. The molecule has 1 aliphatic carbocycles. The van der Waals surface area contributed by atoms with Gasteiger partial charge in [-0.15, -0.1) is 11.3 Å². The van der Waals surface area contributed by atoms with Gasteiger partial charge in [-0.1, -0.05) is 19.4 Å². The van der Waals surface area contributed by atoms with Gasteiger partial charge in [0.2, 0.25) is 5.91 Å². The van der Waals surface area contributed by atoms with E-state index in [-0.39, 0.29) is 11.9 Å². The Balaban J connectivity index is 1.18. The van der Waals surface area contributed by atoms with Crippen molar-refractivity contribution in [3.63, 3.8) is 0 Å². The Hall–Kier alpha value is -3.16. The van der Waals surface area contributed by atoms with Crippen LogP contribution in [0.1, 0.15) is 62.8 Å². The molecule has 198 valence electrons. The number of benzene rings is 2. The van der Waals surface area contributed by atoms with E-state index in [1.807, 2.05) is 29.6 Å². The minimum absolute atomic E-state index is 0.0215. The molecule has 3 heterocycles. The topological polar surface area (TPSA) is 70.2 Å². The van der Waals surface area contributed by atoms with Crippen LogP contribution in [0.2, 0.25) is 0 Å². The lowest BCUT2D eigenvalue weighted by molar-refractivity contribution is -0.121. The van der Waals surface area contributed by atoms with Crippen LogP contribution in [0.5, 0.6) is 5.75 Å². The van der Waals surface area contributed by atoms with Crippen LogP contribution in [0.25, 0.3) is 22.2 Å². The van der Waals surface area contributed by atoms with Gasteiger partial charge in [-0.2, -0.15) is 5.10 Å². The van der Waals surface area contributed by atoms with E-state index in [0.717, 1.165) is 83.2 Å². The van der Waals surface area contributed by atoms with Crippen LogP contribution in [0.4, 0.5) is 5.69 Å². The molecule has 1 amide bonds. The molecule has 0 spiro atoms. The zero-order chi connectivity index (χ0) is 25.9. The average Bonchev–Trinajstić information content (AvgIpc) is 3.73. The van der Waals surface area contributed by atoms with Gasteiger partial charge in [0, 0.05) is 21.5 Å². The van der Waals surface area contributed by atoms with Gasteiger partial charge in [-0.05, 0) is 111 Å². The number of amides is 1. The van der Waals surface area contributed by atoms with E-state index < -0.39 is 0 Å². The van der Waals surface area contributed by atoms with Crippen LogP contribution in [0.15, 0.2) is 60.0 Å². The average molecular weight is 529 g/mol. The summed E-state index contributed by atoms with van der Waals surface area (Å²) in [5, 5.41) is 14.0. The number of carbonyl (C=O) groups is 1. The number of carbonyl (C=O) groups excluding carboxylic acids is 1. The predicted molar refractivity (Wildman–Crippen MR) is 155 cm³/mol. The van der Waals surface area contributed by atoms with Gasteiger partial charge < -0.3 is 10.1 Å². The number of anilines is 1. The molecule has 2 aromatic heterocycles. The van der Waals surface area contributed by atoms with Crippen molar-refractivity contribution in [1.82, 2.24) is 15.1 Å². The van der Waals surface area contributed by atoms with Crippen molar-refractivity contribution in [3.05, 3.63) is 64.9 Å². The normalized spacial score (nSPS) is 21.0. The van der Waals surface area contributed by atoms with E-state index in [0.29, 0.717) is 6.10 Å². The molecule has 2 N–H and O–H groups in total. The van der Waals surface area contributed by atoms with E-state index in [2.05, 4.69) is 57.7 Å². The number of aromatic nitrogens is 2. The van der Waals surface area contributed by atoms with E-state index in [1.165, 1.54) is 19.3 Å². The van der Waals surface area contributed by atoms with Gasteiger partial charge in [0.15, 0.2) is 0 Å². The number of fused-ring (bicyclic) bond motifs is 1. The lowest BCUT2D eigenvalue weighted by Gasteiger charge is -2.28. The standard InChI is InChI=1S/C31H36N4O2S/c1-2-21-7-12-24(13-8-21)37-25-14-9-22(10-15-25)29-26-20-23(11-16-27(26)33-34-29)32-31(36)30(28-6-5-19-38-28)35-17-3-4-18-35/h5-6,9-11,14-16,19-21,24,30H,2-4,7-8,12-13,17-18H2,1H3,(H,32,36)(H,33,34). The molecular weight excluding hydrogens is 492 g/mol. The van der Waals surface area contributed by atoms with E-state index >= 15 is 0 Å². The fraction of sp³-hybridized carbons (Fsp3) is 0.419. The Labute approximate surface area is 228 Å².